The molecule has 0 N–H and O–H groups in total. The molecule has 190 valence electrons. The molecule has 0 atom stereocenters. The molecule has 8 heteroatoms. The fourth-order valence-corrected chi connectivity index (χ4v) is 10.1. The Balaban J connectivity index is 1.95. The van der Waals surface area contributed by atoms with Crippen LogP contribution in [0.25, 0.3) is 21.5 Å². The minimum absolute atomic E-state index is 0.256. The van der Waals surface area contributed by atoms with E-state index in [1.807, 2.05) is 60.7 Å². The minimum Gasteiger partial charge on any atom is -0.223 e. The molecule has 0 aromatic heterocycles. The van der Waals surface area contributed by atoms with E-state index < -0.39 is 29.2 Å². The molecular weight excluding hydrogens is 529 g/mol. The van der Waals surface area contributed by atoms with Crippen molar-refractivity contribution in [3.05, 3.63) is 72.8 Å². The molecule has 0 heterocycles. The van der Waals surface area contributed by atoms with Gasteiger partial charge in [-0.15, -0.1) is 0 Å². The summed E-state index contributed by atoms with van der Waals surface area (Å²) >= 11 is 0. The van der Waals surface area contributed by atoms with Gasteiger partial charge in [-0.05, 0) is 75.2 Å². The average molecular weight is 559 g/mol. The lowest BCUT2D eigenvalue weighted by atomic mass is 10.1. The third-order valence-electron chi connectivity index (χ3n) is 6.09. The highest BCUT2D eigenvalue weighted by Gasteiger charge is 2.35. The lowest BCUT2D eigenvalue weighted by molar-refractivity contribution is 0.557. The number of hydrogen-bond acceptors (Lipinski definition) is 6. The molecule has 4 rings (SSSR count). The second-order valence-corrected chi connectivity index (χ2v) is 18.1. The van der Waals surface area contributed by atoms with Gasteiger partial charge in [0.15, 0.2) is 19.7 Å². The summed E-state index contributed by atoms with van der Waals surface area (Å²) in [4.78, 5) is 1.73. The van der Waals surface area contributed by atoms with E-state index in [0.717, 1.165) is 21.5 Å². The Hall–Kier alpha value is -2.00. The highest BCUT2D eigenvalue weighted by Crippen LogP contribution is 2.49. The summed E-state index contributed by atoms with van der Waals surface area (Å²) in [5.74, 6) is 0. The summed E-state index contributed by atoms with van der Waals surface area (Å²) in [6.07, 6.45) is 0. The summed E-state index contributed by atoms with van der Waals surface area (Å²) in [5, 5.41) is 3.49. The number of sulfone groups is 2. The Morgan fingerprint density at radius 2 is 0.833 bits per heavy atom. The molecule has 4 aromatic rings. The number of benzene rings is 4. The van der Waals surface area contributed by atoms with Crippen molar-refractivity contribution in [2.24, 2.45) is 0 Å². The third kappa shape index (κ3) is 4.69. The van der Waals surface area contributed by atoms with E-state index in [9.17, 15) is 16.8 Å². The fourth-order valence-electron chi connectivity index (χ4n) is 3.78. The Bertz CT molecular complexity index is 1550. The van der Waals surface area contributed by atoms with E-state index in [2.05, 4.69) is 0 Å². The maximum atomic E-state index is 13.6. The molecule has 0 aliphatic carbocycles. The van der Waals surface area contributed by atoms with Gasteiger partial charge in [-0.3, -0.25) is 0 Å². The van der Waals surface area contributed by atoms with E-state index in [4.69, 9.17) is 0 Å². The largest absolute Gasteiger partial charge is 0.223 e. The predicted molar refractivity (Wildman–Crippen MR) is 153 cm³/mol. The molecule has 0 amide bonds. The molecule has 0 saturated heterocycles. The van der Waals surface area contributed by atoms with Gasteiger partial charge in [-0.2, -0.15) is 0 Å². The number of rotatable bonds is 5. The van der Waals surface area contributed by atoms with Crippen molar-refractivity contribution in [2.75, 3.05) is 0 Å². The second kappa shape index (κ2) is 9.39. The van der Waals surface area contributed by atoms with Crippen molar-refractivity contribution in [1.29, 1.82) is 0 Å². The van der Waals surface area contributed by atoms with E-state index in [-0.39, 0.29) is 9.79 Å². The van der Waals surface area contributed by atoms with Crippen LogP contribution in [0.2, 0.25) is 0 Å². The van der Waals surface area contributed by atoms with E-state index in [0.29, 0.717) is 9.79 Å². The van der Waals surface area contributed by atoms with Crippen LogP contribution in [-0.4, -0.2) is 26.3 Å². The molecule has 0 bridgehead atoms. The van der Waals surface area contributed by atoms with Gasteiger partial charge in [0.25, 0.3) is 0 Å². The van der Waals surface area contributed by atoms with Crippen molar-refractivity contribution >= 4 is 62.8 Å². The minimum atomic E-state index is -3.66. The molecule has 0 radical (unpaired) electrons. The highest BCUT2D eigenvalue weighted by atomic mass is 33.1. The summed E-state index contributed by atoms with van der Waals surface area (Å²) in [6.45, 7) is 10.2. The van der Waals surface area contributed by atoms with Crippen molar-refractivity contribution in [3.63, 3.8) is 0 Å². The highest BCUT2D eigenvalue weighted by molar-refractivity contribution is 8.76. The van der Waals surface area contributed by atoms with Gasteiger partial charge >= 0.3 is 0 Å². The van der Waals surface area contributed by atoms with Gasteiger partial charge in [0.05, 0.1) is 19.3 Å². The van der Waals surface area contributed by atoms with E-state index >= 15 is 0 Å². The molecule has 0 fully saturated rings. The summed E-state index contributed by atoms with van der Waals surface area (Å²) in [5.41, 5.74) is 0. The topological polar surface area (TPSA) is 68.3 Å². The first-order chi connectivity index (χ1) is 16.7. The van der Waals surface area contributed by atoms with Gasteiger partial charge in [-0.25, -0.2) is 16.8 Å². The smallest absolute Gasteiger partial charge is 0.184 e. The first-order valence-electron chi connectivity index (χ1n) is 11.5. The van der Waals surface area contributed by atoms with Gasteiger partial charge in [0, 0.05) is 9.79 Å². The van der Waals surface area contributed by atoms with Gasteiger partial charge < -0.3 is 0 Å². The maximum absolute atomic E-state index is 13.6. The summed E-state index contributed by atoms with van der Waals surface area (Å²) in [7, 11) is -4.72. The molecule has 4 nitrogen and oxygen atoms in total. The Morgan fingerprint density at radius 3 is 1.17 bits per heavy atom. The fraction of sp³-hybridized carbons (Fsp3) is 0.286. The summed E-state index contributed by atoms with van der Waals surface area (Å²) < 4.78 is 52.3. The monoisotopic (exact) mass is 558 g/mol. The SMILES string of the molecule is CC(C)(C)S(=O)(=O)c1ccc2ccccc2c1SSc1c(S(=O)(=O)C(C)(C)C)ccc2ccccc12. The van der Waals surface area contributed by atoms with Crippen molar-refractivity contribution < 1.29 is 16.8 Å². The Morgan fingerprint density at radius 1 is 0.500 bits per heavy atom. The molecule has 0 aliphatic heterocycles. The Labute approximate surface area is 222 Å². The van der Waals surface area contributed by atoms with Crippen LogP contribution in [0, 0.1) is 0 Å². The van der Waals surface area contributed by atoms with Crippen LogP contribution in [0.3, 0.4) is 0 Å². The molecule has 36 heavy (non-hydrogen) atoms. The van der Waals surface area contributed by atoms with Crippen LogP contribution in [-0.2, 0) is 19.7 Å². The first kappa shape index (κ1) is 27.0. The van der Waals surface area contributed by atoms with Gasteiger partial charge in [0.1, 0.15) is 0 Å². The van der Waals surface area contributed by atoms with E-state index in [1.54, 1.807) is 53.7 Å². The lowest BCUT2D eigenvalue weighted by Crippen LogP contribution is -2.28. The van der Waals surface area contributed by atoms with Crippen LogP contribution in [0.4, 0.5) is 0 Å². The lowest BCUT2D eigenvalue weighted by Gasteiger charge is -2.23. The molecule has 0 saturated carbocycles. The van der Waals surface area contributed by atoms with Crippen LogP contribution in [0.1, 0.15) is 41.5 Å². The zero-order valence-electron chi connectivity index (χ0n) is 21.2. The molecule has 0 unspecified atom stereocenters. The zero-order chi connectivity index (χ0) is 26.5. The number of hydrogen-bond donors (Lipinski definition) is 0. The van der Waals surface area contributed by atoms with Crippen molar-refractivity contribution in [2.45, 2.75) is 70.6 Å². The average Bonchev–Trinajstić information content (AvgIpc) is 2.80. The first-order valence-corrected chi connectivity index (χ1v) is 16.7. The van der Waals surface area contributed by atoms with Gasteiger partial charge in [0.2, 0.25) is 0 Å². The van der Waals surface area contributed by atoms with Crippen LogP contribution in [0.15, 0.2) is 92.4 Å². The van der Waals surface area contributed by atoms with Crippen molar-refractivity contribution in [1.82, 2.24) is 0 Å². The van der Waals surface area contributed by atoms with Gasteiger partial charge in [-0.1, -0.05) is 82.3 Å². The Kier molecular flexibility index (Phi) is 7.05. The summed E-state index contributed by atoms with van der Waals surface area (Å²) in [6, 6.07) is 22.3. The number of fused-ring (bicyclic) bond motifs is 2. The molecule has 4 aromatic carbocycles. The normalized spacial score (nSPS) is 13.4. The second-order valence-electron chi connectivity index (χ2n) is 10.6. The van der Waals surface area contributed by atoms with Crippen molar-refractivity contribution in [3.8, 4) is 0 Å². The molecular formula is C28H30O4S4. The maximum Gasteiger partial charge on any atom is 0.184 e. The van der Waals surface area contributed by atoms with E-state index in [1.165, 1.54) is 21.6 Å². The standard InChI is InChI=1S/C28H30O4S4/c1-27(2,3)35(29,30)23-17-15-19-11-7-9-13-21(19)25(23)33-34-26-22-14-10-8-12-20(22)16-18-24(26)36(31,32)28(4,5)6/h7-18H,1-6H3. The third-order valence-corrected chi connectivity index (χ3v) is 14.0. The van der Waals surface area contributed by atoms with Crippen LogP contribution >= 0.6 is 21.6 Å². The molecule has 0 spiro atoms. The predicted octanol–water partition coefficient (Wildman–Crippen LogP) is 7.94. The van der Waals surface area contributed by atoms with Crippen LogP contribution < -0.4 is 0 Å². The van der Waals surface area contributed by atoms with Crippen LogP contribution in [0.5, 0.6) is 0 Å². The quantitative estimate of drug-likeness (QED) is 0.232. The molecule has 0 aliphatic rings. The zero-order valence-corrected chi connectivity index (χ0v) is 24.5.